The van der Waals surface area contributed by atoms with E-state index in [-0.39, 0.29) is 24.8 Å². The van der Waals surface area contributed by atoms with Gasteiger partial charge in [-0.25, -0.2) is 0 Å². The zero-order valence-corrected chi connectivity index (χ0v) is 14.6. The minimum absolute atomic E-state index is 0.0332. The first-order valence-corrected chi connectivity index (χ1v) is 9.46. The predicted molar refractivity (Wildman–Crippen MR) is 92.6 cm³/mol. The Kier molecular flexibility index (Phi) is 5.53. The summed E-state index contributed by atoms with van der Waals surface area (Å²) in [6, 6.07) is 3.60. The summed E-state index contributed by atoms with van der Waals surface area (Å²) < 4.78 is 0. The van der Waals surface area contributed by atoms with Crippen molar-refractivity contribution < 1.29 is 14.7 Å². The fourth-order valence-electron chi connectivity index (χ4n) is 3.67. The molecule has 6 nitrogen and oxygen atoms in total. The molecule has 2 amide bonds. The van der Waals surface area contributed by atoms with Crippen molar-refractivity contribution in [1.82, 2.24) is 15.5 Å². The Morgan fingerprint density at radius 2 is 2.25 bits per heavy atom. The molecule has 1 aromatic rings. The van der Waals surface area contributed by atoms with Gasteiger partial charge in [0.25, 0.3) is 0 Å². The minimum atomic E-state index is -0.485. The fraction of sp³-hybridized carbons (Fsp3) is 0.647. The Morgan fingerprint density at radius 3 is 2.92 bits per heavy atom. The van der Waals surface area contributed by atoms with Gasteiger partial charge in [0.15, 0.2) is 0 Å². The highest BCUT2D eigenvalue weighted by Gasteiger charge is 2.37. The normalized spacial score (nSPS) is 23.9. The SMILES string of the molecule is O=C(CC1C(=O)NCCN1Cc1cccs1)NC1(CO)CCCC1. The molecule has 2 heterocycles. The van der Waals surface area contributed by atoms with E-state index in [4.69, 9.17) is 0 Å². The van der Waals surface area contributed by atoms with Crippen molar-refractivity contribution in [3.05, 3.63) is 22.4 Å². The molecule has 1 aliphatic carbocycles. The zero-order chi connectivity index (χ0) is 17.0. The first-order valence-electron chi connectivity index (χ1n) is 8.58. The van der Waals surface area contributed by atoms with E-state index >= 15 is 0 Å². The van der Waals surface area contributed by atoms with Gasteiger partial charge in [0.1, 0.15) is 0 Å². The van der Waals surface area contributed by atoms with E-state index in [9.17, 15) is 14.7 Å². The molecule has 3 rings (SSSR count). The molecule has 1 saturated carbocycles. The molecule has 1 aliphatic heterocycles. The lowest BCUT2D eigenvalue weighted by atomic mass is 9.98. The third kappa shape index (κ3) is 3.96. The highest BCUT2D eigenvalue weighted by Crippen LogP contribution is 2.29. The van der Waals surface area contributed by atoms with Gasteiger partial charge in [-0.1, -0.05) is 18.9 Å². The van der Waals surface area contributed by atoms with Gasteiger partial charge in [-0.05, 0) is 24.3 Å². The highest BCUT2D eigenvalue weighted by atomic mass is 32.1. The standard InChI is InChI=1S/C17H25N3O3S/c21-12-17(5-1-2-6-17)19-15(22)10-14-16(23)18-7-8-20(14)11-13-4-3-9-24-13/h3-4,9,14,21H,1-2,5-8,10-12H2,(H,18,23)(H,19,22). The monoisotopic (exact) mass is 351 g/mol. The van der Waals surface area contributed by atoms with Crippen LogP contribution in [-0.4, -0.2) is 53.1 Å². The molecule has 3 N–H and O–H groups in total. The molecule has 0 aromatic carbocycles. The number of carbonyl (C=O) groups is 2. The van der Waals surface area contributed by atoms with Crippen LogP contribution < -0.4 is 10.6 Å². The van der Waals surface area contributed by atoms with Crippen LogP contribution in [0.4, 0.5) is 0 Å². The lowest BCUT2D eigenvalue weighted by Crippen LogP contribution is -2.57. The van der Waals surface area contributed by atoms with Crippen LogP contribution in [0, 0.1) is 0 Å². The topological polar surface area (TPSA) is 81.7 Å². The summed E-state index contributed by atoms with van der Waals surface area (Å²) in [6.45, 7) is 2.01. The van der Waals surface area contributed by atoms with Crippen molar-refractivity contribution in [3.63, 3.8) is 0 Å². The van der Waals surface area contributed by atoms with E-state index < -0.39 is 11.6 Å². The third-order valence-corrected chi connectivity index (χ3v) is 5.89. The highest BCUT2D eigenvalue weighted by molar-refractivity contribution is 7.09. The molecule has 2 aliphatic rings. The summed E-state index contributed by atoms with van der Waals surface area (Å²) >= 11 is 1.66. The van der Waals surface area contributed by atoms with Gasteiger partial charge in [0, 0.05) is 24.5 Å². The number of aliphatic hydroxyl groups is 1. The number of carbonyl (C=O) groups excluding carboxylic acids is 2. The van der Waals surface area contributed by atoms with Gasteiger partial charge in [-0.3, -0.25) is 14.5 Å². The second kappa shape index (κ2) is 7.63. The molecule has 24 heavy (non-hydrogen) atoms. The first-order chi connectivity index (χ1) is 11.6. The van der Waals surface area contributed by atoms with Crippen LogP contribution in [0.5, 0.6) is 0 Å². The summed E-state index contributed by atoms with van der Waals surface area (Å²) in [7, 11) is 0. The molecule has 0 bridgehead atoms. The van der Waals surface area contributed by atoms with Crippen LogP contribution in [0.2, 0.25) is 0 Å². The largest absolute Gasteiger partial charge is 0.394 e. The van der Waals surface area contributed by atoms with Crippen LogP contribution in [0.25, 0.3) is 0 Å². The van der Waals surface area contributed by atoms with Gasteiger partial charge in [-0.2, -0.15) is 0 Å². The van der Waals surface area contributed by atoms with Gasteiger partial charge in [0.05, 0.1) is 24.6 Å². The van der Waals surface area contributed by atoms with Gasteiger partial charge in [0.2, 0.25) is 11.8 Å². The number of amides is 2. The van der Waals surface area contributed by atoms with Crippen molar-refractivity contribution in [1.29, 1.82) is 0 Å². The maximum absolute atomic E-state index is 12.5. The first kappa shape index (κ1) is 17.4. The lowest BCUT2D eigenvalue weighted by Gasteiger charge is -2.35. The fourth-order valence-corrected chi connectivity index (χ4v) is 4.40. The maximum atomic E-state index is 12.5. The van der Waals surface area contributed by atoms with Crippen LogP contribution in [0.1, 0.15) is 37.0 Å². The molecule has 2 fully saturated rings. The molecule has 0 radical (unpaired) electrons. The molecule has 132 valence electrons. The average Bonchev–Trinajstić information content (AvgIpc) is 3.23. The van der Waals surface area contributed by atoms with Crippen molar-refractivity contribution in [2.45, 2.75) is 50.2 Å². The van der Waals surface area contributed by atoms with Crippen molar-refractivity contribution >= 4 is 23.2 Å². The average molecular weight is 351 g/mol. The Hall–Kier alpha value is -1.44. The van der Waals surface area contributed by atoms with Crippen LogP contribution >= 0.6 is 11.3 Å². The van der Waals surface area contributed by atoms with E-state index in [1.807, 2.05) is 17.5 Å². The Labute approximate surface area is 146 Å². The van der Waals surface area contributed by atoms with Crippen LogP contribution in [0.3, 0.4) is 0 Å². The minimum Gasteiger partial charge on any atom is -0.394 e. The van der Waals surface area contributed by atoms with Crippen LogP contribution in [0.15, 0.2) is 17.5 Å². The second-order valence-corrected chi connectivity index (χ2v) is 7.79. The van der Waals surface area contributed by atoms with E-state index in [1.54, 1.807) is 11.3 Å². The number of nitrogens with one attached hydrogen (secondary N) is 2. The van der Waals surface area contributed by atoms with E-state index in [1.165, 1.54) is 4.88 Å². The molecule has 1 unspecified atom stereocenters. The number of rotatable bonds is 6. The van der Waals surface area contributed by atoms with Gasteiger partial charge < -0.3 is 15.7 Å². The molecule has 1 saturated heterocycles. The molecular weight excluding hydrogens is 326 g/mol. The number of nitrogens with zero attached hydrogens (tertiary/aromatic N) is 1. The number of thiophene rings is 1. The molecular formula is C17H25N3O3S. The smallest absolute Gasteiger partial charge is 0.237 e. The molecule has 1 atom stereocenters. The summed E-state index contributed by atoms with van der Waals surface area (Å²) in [5.74, 6) is -0.235. The quantitative estimate of drug-likeness (QED) is 0.710. The van der Waals surface area contributed by atoms with E-state index in [0.717, 1.165) is 32.2 Å². The third-order valence-electron chi connectivity index (χ3n) is 5.03. The van der Waals surface area contributed by atoms with Crippen molar-refractivity contribution in [2.75, 3.05) is 19.7 Å². The Bertz CT molecular complexity index is 570. The summed E-state index contributed by atoms with van der Waals surface area (Å²) in [6.07, 6.45) is 3.81. The summed E-state index contributed by atoms with van der Waals surface area (Å²) in [5, 5.41) is 17.5. The number of hydrogen-bond donors (Lipinski definition) is 3. The predicted octanol–water partition coefficient (Wildman–Crippen LogP) is 0.860. The molecule has 7 heteroatoms. The molecule has 0 spiro atoms. The number of piperazine rings is 1. The van der Waals surface area contributed by atoms with E-state index in [0.29, 0.717) is 13.1 Å². The van der Waals surface area contributed by atoms with Crippen molar-refractivity contribution in [3.8, 4) is 0 Å². The van der Waals surface area contributed by atoms with E-state index in [2.05, 4.69) is 15.5 Å². The van der Waals surface area contributed by atoms with Crippen molar-refractivity contribution in [2.24, 2.45) is 0 Å². The Morgan fingerprint density at radius 1 is 1.46 bits per heavy atom. The second-order valence-electron chi connectivity index (χ2n) is 6.75. The lowest BCUT2D eigenvalue weighted by molar-refractivity contribution is -0.135. The summed E-state index contributed by atoms with van der Waals surface area (Å²) in [4.78, 5) is 28.0. The van der Waals surface area contributed by atoms with Gasteiger partial charge in [-0.15, -0.1) is 11.3 Å². The summed E-state index contributed by atoms with van der Waals surface area (Å²) in [5.41, 5.74) is -0.485. The maximum Gasteiger partial charge on any atom is 0.237 e. The number of aliphatic hydroxyl groups excluding tert-OH is 1. The molecule has 1 aromatic heterocycles. The Balaban J connectivity index is 1.63. The number of hydrogen-bond acceptors (Lipinski definition) is 5. The van der Waals surface area contributed by atoms with Crippen LogP contribution in [-0.2, 0) is 16.1 Å². The zero-order valence-electron chi connectivity index (χ0n) is 13.8. The van der Waals surface area contributed by atoms with Gasteiger partial charge >= 0.3 is 0 Å².